The molecule has 1 unspecified atom stereocenters. The SMILES string of the molecule is O=C(NC1CC(F)(F)C1)C1=NOC2(CCCN(Cc3nccs3)C2)C1.O=C(O)C(F)(F)F.O=C(O)C(F)(F)F. The molecule has 1 saturated carbocycles. The van der Waals surface area contributed by atoms with E-state index in [9.17, 15) is 39.9 Å². The number of carboxylic acids is 2. The Bertz CT molecular complexity index is 1020. The van der Waals surface area contributed by atoms with Gasteiger partial charge in [-0.15, -0.1) is 11.3 Å². The predicted octanol–water partition coefficient (Wildman–Crippen LogP) is 3.43. The first kappa shape index (κ1) is 32.1. The molecule has 1 amide bonds. The summed E-state index contributed by atoms with van der Waals surface area (Å²) in [6.07, 6.45) is -6.73. The first-order valence-corrected chi connectivity index (χ1v) is 11.8. The molecular formula is C20H22F8N4O6S. The average Bonchev–Trinajstić information content (AvgIpc) is 3.42. The van der Waals surface area contributed by atoms with Gasteiger partial charge in [-0.1, -0.05) is 5.16 Å². The number of aliphatic carboxylic acids is 2. The largest absolute Gasteiger partial charge is 0.490 e. The van der Waals surface area contributed by atoms with Crippen LogP contribution in [0.2, 0.25) is 0 Å². The number of carbonyl (C=O) groups is 3. The van der Waals surface area contributed by atoms with Crippen molar-refractivity contribution in [2.24, 2.45) is 5.16 Å². The second-order valence-corrected chi connectivity index (χ2v) is 9.75. The van der Waals surface area contributed by atoms with Crippen LogP contribution in [-0.2, 0) is 25.8 Å². The molecule has 1 atom stereocenters. The molecule has 2 fully saturated rings. The maximum atomic E-state index is 12.9. The number of hydrogen-bond acceptors (Lipinski definition) is 8. The van der Waals surface area contributed by atoms with Crippen molar-refractivity contribution in [2.45, 2.75) is 68.6 Å². The van der Waals surface area contributed by atoms with E-state index in [2.05, 4.69) is 20.4 Å². The van der Waals surface area contributed by atoms with Gasteiger partial charge >= 0.3 is 24.3 Å². The van der Waals surface area contributed by atoms with E-state index in [1.54, 1.807) is 17.5 Å². The third kappa shape index (κ3) is 10.2. The summed E-state index contributed by atoms with van der Waals surface area (Å²) in [5.74, 6) is -8.54. The van der Waals surface area contributed by atoms with Gasteiger partial charge in [0.1, 0.15) is 10.7 Å². The maximum Gasteiger partial charge on any atom is 0.490 e. The quantitative estimate of drug-likeness (QED) is 0.448. The lowest BCUT2D eigenvalue weighted by Crippen LogP contribution is -2.53. The van der Waals surface area contributed by atoms with Crippen LogP contribution in [0, 0.1) is 0 Å². The molecular weight excluding hydrogens is 576 g/mol. The maximum absolute atomic E-state index is 12.9. The summed E-state index contributed by atoms with van der Waals surface area (Å²) in [6.45, 7) is 2.42. The normalized spacial score (nSPS) is 22.7. The Balaban J connectivity index is 0.000000317. The molecule has 220 valence electrons. The van der Waals surface area contributed by atoms with Crippen LogP contribution in [0.4, 0.5) is 35.1 Å². The predicted molar refractivity (Wildman–Crippen MR) is 116 cm³/mol. The summed E-state index contributed by atoms with van der Waals surface area (Å²) >= 11 is 1.62. The average molecular weight is 598 g/mol. The molecule has 39 heavy (non-hydrogen) atoms. The highest BCUT2D eigenvalue weighted by molar-refractivity contribution is 7.09. The molecule has 0 bridgehead atoms. The van der Waals surface area contributed by atoms with Gasteiger partial charge in [0.2, 0.25) is 0 Å². The molecule has 3 aliphatic rings. The van der Waals surface area contributed by atoms with Crippen molar-refractivity contribution in [3.63, 3.8) is 0 Å². The van der Waals surface area contributed by atoms with Gasteiger partial charge in [0.05, 0.1) is 6.54 Å². The number of rotatable bonds is 4. The zero-order chi connectivity index (χ0) is 29.6. The van der Waals surface area contributed by atoms with Crippen LogP contribution in [0.3, 0.4) is 0 Å². The number of oxime groups is 1. The minimum Gasteiger partial charge on any atom is -0.475 e. The number of nitrogens with one attached hydrogen (secondary N) is 1. The molecule has 0 radical (unpaired) electrons. The van der Waals surface area contributed by atoms with Crippen molar-refractivity contribution >= 4 is 34.9 Å². The van der Waals surface area contributed by atoms with Crippen LogP contribution in [0.15, 0.2) is 16.7 Å². The van der Waals surface area contributed by atoms with Gasteiger partial charge in [-0.3, -0.25) is 9.69 Å². The van der Waals surface area contributed by atoms with Crippen molar-refractivity contribution in [3.05, 3.63) is 16.6 Å². The van der Waals surface area contributed by atoms with Gasteiger partial charge in [-0.25, -0.2) is 23.4 Å². The number of carboxylic acid groups (broad SMARTS) is 2. The highest BCUT2D eigenvalue weighted by Gasteiger charge is 2.48. The zero-order valence-electron chi connectivity index (χ0n) is 19.7. The Labute approximate surface area is 218 Å². The van der Waals surface area contributed by atoms with Gasteiger partial charge in [-0.2, -0.15) is 26.3 Å². The van der Waals surface area contributed by atoms with Crippen LogP contribution < -0.4 is 5.32 Å². The standard InChI is InChI=1S/C16H20F2N4O2S.2C2HF3O2/c17-16(18)6-11(7-16)20-14(23)12-8-15(24-21-12)2-1-4-22(10-15)9-13-19-3-5-25-13;2*3-2(4,5)1(6)7/h3,5,11H,1-2,4,6-10H2,(H,20,23);2*(H,6,7). The Kier molecular flexibility index (Phi) is 10.2. The molecule has 4 rings (SSSR count). The third-order valence-electron chi connectivity index (χ3n) is 5.47. The van der Waals surface area contributed by atoms with E-state index in [0.29, 0.717) is 18.7 Å². The highest BCUT2D eigenvalue weighted by atomic mass is 32.1. The van der Waals surface area contributed by atoms with Crippen molar-refractivity contribution in [2.75, 3.05) is 13.1 Å². The molecule has 3 heterocycles. The second kappa shape index (κ2) is 12.4. The summed E-state index contributed by atoms with van der Waals surface area (Å²) in [5, 5.41) is 23.9. The summed E-state index contributed by atoms with van der Waals surface area (Å²) < 4.78 is 89.2. The molecule has 1 spiro atoms. The molecule has 3 N–H and O–H groups in total. The fourth-order valence-electron chi connectivity index (χ4n) is 3.74. The van der Waals surface area contributed by atoms with Gasteiger partial charge in [0.15, 0.2) is 5.60 Å². The van der Waals surface area contributed by atoms with Crippen molar-refractivity contribution in [1.82, 2.24) is 15.2 Å². The molecule has 1 aromatic heterocycles. The Hall–Kier alpha value is -3.09. The molecule has 1 saturated heterocycles. The number of likely N-dealkylation sites (tertiary alicyclic amines) is 1. The van der Waals surface area contributed by atoms with E-state index in [-0.39, 0.29) is 18.7 Å². The fourth-order valence-corrected chi connectivity index (χ4v) is 4.40. The van der Waals surface area contributed by atoms with Crippen LogP contribution in [-0.4, -0.2) is 86.7 Å². The van der Waals surface area contributed by atoms with Crippen LogP contribution >= 0.6 is 11.3 Å². The van der Waals surface area contributed by atoms with Crippen LogP contribution in [0.25, 0.3) is 0 Å². The fraction of sp³-hybridized carbons (Fsp3) is 0.650. The van der Waals surface area contributed by atoms with Crippen LogP contribution in [0.1, 0.15) is 37.1 Å². The minimum atomic E-state index is -5.08. The van der Waals surface area contributed by atoms with E-state index in [0.717, 1.165) is 30.9 Å². The van der Waals surface area contributed by atoms with Crippen molar-refractivity contribution in [1.29, 1.82) is 0 Å². The third-order valence-corrected chi connectivity index (χ3v) is 6.24. The molecule has 2 aliphatic heterocycles. The van der Waals surface area contributed by atoms with Gasteiger partial charge < -0.3 is 20.4 Å². The molecule has 10 nitrogen and oxygen atoms in total. The lowest BCUT2D eigenvalue weighted by molar-refractivity contribution is -0.193. The number of hydrogen-bond donors (Lipinski definition) is 3. The Morgan fingerprint density at radius 3 is 2.13 bits per heavy atom. The van der Waals surface area contributed by atoms with Gasteiger partial charge in [0, 0.05) is 43.4 Å². The number of aromatic nitrogens is 1. The van der Waals surface area contributed by atoms with Gasteiger partial charge in [-0.05, 0) is 19.4 Å². The van der Waals surface area contributed by atoms with Crippen LogP contribution in [0.5, 0.6) is 0 Å². The lowest BCUT2D eigenvalue weighted by Gasteiger charge is -2.38. The topological polar surface area (TPSA) is 141 Å². The minimum absolute atomic E-state index is 0.292. The second-order valence-electron chi connectivity index (χ2n) is 8.77. The Morgan fingerprint density at radius 2 is 1.67 bits per heavy atom. The number of piperidine rings is 1. The highest BCUT2D eigenvalue weighted by Crippen LogP contribution is 2.38. The molecule has 19 heteroatoms. The number of alkyl halides is 8. The monoisotopic (exact) mass is 598 g/mol. The molecule has 1 aliphatic carbocycles. The first-order valence-electron chi connectivity index (χ1n) is 11.0. The molecule has 1 aromatic rings. The Morgan fingerprint density at radius 1 is 1.10 bits per heavy atom. The zero-order valence-corrected chi connectivity index (χ0v) is 20.5. The van der Waals surface area contributed by atoms with Gasteiger partial charge in [0.25, 0.3) is 11.8 Å². The first-order chi connectivity index (χ1) is 17.8. The number of carbonyl (C=O) groups excluding carboxylic acids is 1. The number of amides is 1. The summed E-state index contributed by atoms with van der Waals surface area (Å²) in [4.78, 5) is 42.3. The van der Waals surface area contributed by atoms with E-state index in [1.165, 1.54) is 0 Å². The van der Waals surface area contributed by atoms with E-state index < -0.39 is 41.9 Å². The van der Waals surface area contributed by atoms with E-state index >= 15 is 0 Å². The van der Waals surface area contributed by atoms with Crippen molar-refractivity contribution in [3.8, 4) is 0 Å². The smallest absolute Gasteiger partial charge is 0.475 e. The number of thiazole rings is 1. The number of halogens is 8. The number of nitrogens with zero attached hydrogens (tertiary/aromatic N) is 3. The van der Waals surface area contributed by atoms with E-state index in [4.69, 9.17) is 24.6 Å². The summed E-state index contributed by atoms with van der Waals surface area (Å²) in [5.41, 5.74) is -0.169. The lowest BCUT2D eigenvalue weighted by atomic mass is 9.86. The summed E-state index contributed by atoms with van der Waals surface area (Å²) in [6, 6.07) is -0.463. The van der Waals surface area contributed by atoms with E-state index in [1.807, 2.05) is 5.38 Å². The summed E-state index contributed by atoms with van der Waals surface area (Å²) in [7, 11) is 0. The molecule has 0 aromatic carbocycles. The van der Waals surface area contributed by atoms with Crippen molar-refractivity contribution < 1.29 is 64.6 Å².